The summed E-state index contributed by atoms with van der Waals surface area (Å²) in [6, 6.07) is 3.38. The molecule has 1 unspecified atom stereocenters. The fourth-order valence-corrected chi connectivity index (χ4v) is 4.56. The van der Waals surface area contributed by atoms with Crippen LogP contribution in [0.4, 0.5) is 5.69 Å². The first kappa shape index (κ1) is 17.2. The van der Waals surface area contributed by atoms with E-state index in [-0.39, 0.29) is 29.4 Å². The molecule has 126 valence electrons. The molecule has 3 rings (SSSR count). The van der Waals surface area contributed by atoms with Gasteiger partial charge in [0.1, 0.15) is 4.71 Å². The average molecular weight is 385 g/mol. The Morgan fingerprint density at radius 1 is 1.46 bits per heavy atom. The van der Waals surface area contributed by atoms with Crippen molar-refractivity contribution in [1.82, 2.24) is 4.90 Å². The Balaban J connectivity index is 2.04. The third-order valence-corrected chi connectivity index (χ3v) is 5.67. The van der Waals surface area contributed by atoms with Crippen molar-refractivity contribution in [3.63, 3.8) is 0 Å². The van der Waals surface area contributed by atoms with Gasteiger partial charge in [-0.25, -0.2) is 0 Å². The van der Waals surface area contributed by atoms with Crippen LogP contribution >= 0.6 is 36.0 Å². The van der Waals surface area contributed by atoms with E-state index < -0.39 is 16.6 Å². The molecule has 2 heterocycles. The van der Waals surface area contributed by atoms with Crippen molar-refractivity contribution in [2.75, 3.05) is 11.9 Å². The molecule has 6 nitrogen and oxygen atoms in total. The van der Waals surface area contributed by atoms with Crippen LogP contribution in [0.25, 0.3) is 5.57 Å². The van der Waals surface area contributed by atoms with Gasteiger partial charge in [-0.05, 0) is 24.6 Å². The third kappa shape index (κ3) is 2.89. The van der Waals surface area contributed by atoms with Crippen LogP contribution in [0.5, 0.6) is 0 Å². The van der Waals surface area contributed by atoms with Gasteiger partial charge in [0, 0.05) is 17.1 Å². The van der Waals surface area contributed by atoms with Crippen LogP contribution < -0.4 is 5.32 Å². The molecule has 1 saturated heterocycles. The molecule has 1 fully saturated rings. The smallest absolute Gasteiger partial charge is 0.305 e. The quantitative estimate of drug-likeness (QED) is 0.550. The minimum Gasteiger partial charge on any atom is -0.481 e. The number of hydrogen-bond acceptors (Lipinski definition) is 5. The van der Waals surface area contributed by atoms with E-state index in [4.69, 9.17) is 16.7 Å². The number of halogens is 1. The van der Waals surface area contributed by atoms with E-state index in [2.05, 4.69) is 17.9 Å². The molecule has 1 atom stereocenters. The Bertz CT molecular complexity index is 809. The van der Waals surface area contributed by atoms with Crippen molar-refractivity contribution in [2.45, 2.75) is 18.1 Å². The number of rotatable bonds is 3. The summed E-state index contributed by atoms with van der Waals surface area (Å²) < 4.78 is -0.531. The standard InChI is InChI=1S/C15H13ClN2O4S2/c1-6-4-7(16)5-8-10(13(21)17-11(6)8)12-14(22)18(15(23)24-12)3-2-9(19)20/h4-5,15,23H,2-3H2,1H3,(H,17,21)(H,19,20)/b12-10-. The lowest BCUT2D eigenvalue weighted by Crippen LogP contribution is -2.31. The molecule has 1 aromatic carbocycles. The molecule has 0 radical (unpaired) electrons. The summed E-state index contributed by atoms with van der Waals surface area (Å²) in [5, 5.41) is 12.0. The lowest BCUT2D eigenvalue weighted by atomic mass is 10.0. The molecule has 0 bridgehead atoms. The summed E-state index contributed by atoms with van der Waals surface area (Å²) in [5.74, 6) is -1.76. The zero-order valence-corrected chi connectivity index (χ0v) is 15.0. The van der Waals surface area contributed by atoms with E-state index in [1.54, 1.807) is 12.1 Å². The highest BCUT2D eigenvalue weighted by Crippen LogP contribution is 2.46. The Hall–Kier alpha value is -1.64. The SMILES string of the molecule is Cc1cc(Cl)cc2c1NC(=O)/C2=C1\SC(S)N(CCC(=O)O)C1=O. The van der Waals surface area contributed by atoms with E-state index in [0.717, 1.165) is 17.3 Å². The molecule has 0 spiro atoms. The maximum atomic E-state index is 12.6. The van der Waals surface area contributed by atoms with Crippen LogP contribution in [0.1, 0.15) is 17.5 Å². The molecular weight excluding hydrogens is 372 g/mol. The number of fused-ring (bicyclic) bond motifs is 1. The van der Waals surface area contributed by atoms with Crippen LogP contribution in [0.2, 0.25) is 5.02 Å². The van der Waals surface area contributed by atoms with Crippen LogP contribution in [0.3, 0.4) is 0 Å². The molecule has 1 aromatic rings. The van der Waals surface area contributed by atoms with Gasteiger partial charge in [-0.1, -0.05) is 23.4 Å². The van der Waals surface area contributed by atoms with Crippen molar-refractivity contribution < 1.29 is 19.5 Å². The number of hydrogen-bond donors (Lipinski definition) is 3. The highest BCUT2D eigenvalue weighted by atomic mass is 35.5. The number of thiol groups is 1. The molecule has 2 aliphatic rings. The summed E-state index contributed by atoms with van der Waals surface area (Å²) in [6.45, 7) is 1.86. The van der Waals surface area contributed by atoms with E-state index in [9.17, 15) is 14.4 Å². The second-order valence-corrected chi connectivity index (χ2v) is 7.76. The Morgan fingerprint density at radius 3 is 2.83 bits per heavy atom. The Kier molecular flexibility index (Phi) is 4.54. The molecule has 0 aromatic heterocycles. The van der Waals surface area contributed by atoms with Gasteiger partial charge in [0.15, 0.2) is 0 Å². The number of carbonyl (C=O) groups is 3. The van der Waals surface area contributed by atoms with Gasteiger partial charge in [-0.2, -0.15) is 0 Å². The number of aliphatic carboxylic acids is 1. The summed E-state index contributed by atoms with van der Waals surface area (Å²) in [5.41, 5.74) is 2.30. The van der Waals surface area contributed by atoms with Crippen molar-refractivity contribution in [1.29, 1.82) is 0 Å². The van der Waals surface area contributed by atoms with Crippen LogP contribution in [-0.2, 0) is 14.4 Å². The number of aryl methyl sites for hydroxylation is 1. The molecule has 2 N–H and O–H groups in total. The molecule has 9 heteroatoms. The lowest BCUT2D eigenvalue weighted by molar-refractivity contribution is -0.137. The first-order valence-corrected chi connectivity index (χ1v) is 8.80. The summed E-state index contributed by atoms with van der Waals surface area (Å²) in [4.78, 5) is 37.4. The minimum absolute atomic E-state index is 0.0369. The van der Waals surface area contributed by atoms with Gasteiger partial charge in [-0.3, -0.25) is 14.4 Å². The van der Waals surface area contributed by atoms with Gasteiger partial charge < -0.3 is 15.3 Å². The second kappa shape index (κ2) is 6.34. The summed E-state index contributed by atoms with van der Waals surface area (Å²) in [6.07, 6.45) is -0.181. The molecule has 24 heavy (non-hydrogen) atoms. The number of benzene rings is 1. The monoisotopic (exact) mass is 384 g/mol. The first-order valence-electron chi connectivity index (χ1n) is 7.03. The van der Waals surface area contributed by atoms with E-state index in [1.165, 1.54) is 4.90 Å². The van der Waals surface area contributed by atoms with E-state index in [1.807, 2.05) is 6.92 Å². The lowest BCUT2D eigenvalue weighted by Gasteiger charge is -2.17. The van der Waals surface area contributed by atoms with E-state index in [0.29, 0.717) is 16.3 Å². The van der Waals surface area contributed by atoms with Gasteiger partial charge in [-0.15, -0.1) is 12.6 Å². The summed E-state index contributed by atoms with van der Waals surface area (Å²) >= 11 is 11.5. The Morgan fingerprint density at radius 2 is 2.17 bits per heavy atom. The van der Waals surface area contributed by atoms with Crippen LogP contribution in [0.15, 0.2) is 17.0 Å². The number of nitrogens with one attached hydrogen (secondary N) is 1. The molecule has 0 saturated carbocycles. The predicted octanol–water partition coefficient (Wildman–Crippen LogP) is 2.58. The average Bonchev–Trinajstić information content (AvgIpc) is 2.94. The van der Waals surface area contributed by atoms with Gasteiger partial charge in [0.25, 0.3) is 11.8 Å². The van der Waals surface area contributed by atoms with Crippen LogP contribution in [0, 0.1) is 6.92 Å². The van der Waals surface area contributed by atoms with Gasteiger partial charge >= 0.3 is 5.97 Å². The minimum atomic E-state index is -0.999. The number of amides is 2. The third-order valence-electron chi connectivity index (χ3n) is 3.77. The number of anilines is 1. The number of carboxylic acids is 1. The number of carboxylic acid groups (broad SMARTS) is 1. The normalized spacial score (nSPS) is 22.8. The van der Waals surface area contributed by atoms with E-state index >= 15 is 0 Å². The van der Waals surface area contributed by atoms with Crippen molar-refractivity contribution in [2.24, 2.45) is 0 Å². The number of nitrogens with zero attached hydrogens (tertiary/aromatic N) is 1. The highest BCUT2D eigenvalue weighted by molar-refractivity contribution is 8.14. The van der Waals surface area contributed by atoms with Crippen LogP contribution in [-0.4, -0.2) is 39.0 Å². The summed E-state index contributed by atoms with van der Waals surface area (Å²) in [7, 11) is 0. The highest BCUT2D eigenvalue weighted by Gasteiger charge is 2.40. The first-order chi connectivity index (χ1) is 11.3. The van der Waals surface area contributed by atoms with Crippen molar-refractivity contribution >= 4 is 65.0 Å². The van der Waals surface area contributed by atoms with Gasteiger partial charge in [0.2, 0.25) is 0 Å². The molecule has 2 aliphatic heterocycles. The second-order valence-electron chi connectivity index (χ2n) is 5.39. The maximum Gasteiger partial charge on any atom is 0.305 e. The fourth-order valence-electron chi connectivity index (χ4n) is 2.67. The molecular formula is C15H13ClN2O4S2. The van der Waals surface area contributed by atoms with Gasteiger partial charge in [0.05, 0.1) is 22.6 Å². The number of thioether (sulfide) groups is 1. The van der Waals surface area contributed by atoms with Crippen molar-refractivity contribution in [3.8, 4) is 0 Å². The zero-order valence-electron chi connectivity index (χ0n) is 12.5. The Labute approximate surface area is 152 Å². The zero-order chi connectivity index (χ0) is 17.6. The topological polar surface area (TPSA) is 86.7 Å². The molecule has 0 aliphatic carbocycles. The van der Waals surface area contributed by atoms with Crippen molar-refractivity contribution in [3.05, 3.63) is 33.2 Å². The maximum absolute atomic E-state index is 12.6. The number of carbonyl (C=O) groups excluding carboxylic acids is 2. The largest absolute Gasteiger partial charge is 0.481 e. The predicted molar refractivity (Wildman–Crippen MR) is 96.1 cm³/mol. The fraction of sp³-hybridized carbons (Fsp3) is 0.267. The molecule has 2 amide bonds.